The minimum atomic E-state index is -4.96. The molecule has 0 saturated heterocycles. The van der Waals surface area contributed by atoms with Crippen LogP contribution in [-0.4, -0.2) is 96.7 Å². The second-order valence-corrected chi connectivity index (χ2v) is 34.2. The lowest BCUT2D eigenvalue weighted by Crippen LogP contribution is -2.30. The molecule has 102 heavy (non-hydrogen) atoms. The monoisotopic (exact) mass is 1490 g/mol. The molecule has 0 bridgehead atoms. The Morgan fingerprint density at radius 3 is 0.696 bits per heavy atom. The van der Waals surface area contributed by atoms with E-state index in [0.717, 1.165) is 120 Å². The van der Waals surface area contributed by atoms with E-state index in [1.54, 1.807) is 0 Å². The van der Waals surface area contributed by atoms with Crippen LogP contribution in [-0.2, 0) is 65.4 Å². The van der Waals surface area contributed by atoms with Gasteiger partial charge in [0.25, 0.3) is 0 Å². The Hall–Kier alpha value is -1.94. The van der Waals surface area contributed by atoms with Crippen molar-refractivity contribution in [3.8, 4) is 0 Å². The summed E-state index contributed by atoms with van der Waals surface area (Å²) < 4.78 is 68.8. The van der Waals surface area contributed by atoms with E-state index < -0.39 is 97.5 Å². The van der Waals surface area contributed by atoms with Crippen molar-refractivity contribution < 1.29 is 80.2 Å². The van der Waals surface area contributed by atoms with Crippen LogP contribution in [0.25, 0.3) is 0 Å². The van der Waals surface area contributed by atoms with Gasteiger partial charge in [-0.2, -0.15) is 0 Å². The van der Waals surface area contributed by atoms with Crippen LogP contribution in [0.3, 0.4) is 0 Å². The van der Waals surface area contributed by atoms with Gasteiger partial charge in [-0.05, 0) is 49.4 Å². The number of hydrogen-bond donors (Lipinski definition) is 3. The first kappa shape index (κ1) is 100. The molecule has 0 spiro atoms. The average molecular weight is 1490 g/mol. The SMILES string of the molecule is CCC(C)CCCCCCCCCCCCCCCCC(=O)O[C@H](COC(=O)CCCCCCCCCCCCCCCCCCCCC(C)C)COP(=O)(O)OC[C@@H](O)COP(=O)(O)OC[C@@H](COC(=O)CCCCCCCCC(C)CC)OC(=O)CCCCCCCCCCCCC(C)C. The third-order valence-corrected chi connectivity index (χ3v) is 21.9. The lowest BCUT2D eigenvalue weighted by molar-refractivity contribution is -0.161. The zero-order valence-corrected chi connectivity index (χ0v) is 69.0. The molecule has 0 radical (unpaired) electrons. The maximum absolute atomic E-state index is 13.1. The molecular formula is C83H162O17P2. The molecule has 0 aromatic rings. The zero-order chi connectivity index (χ0) is 75.3. The lowest BCUT2D eigenvalue weighted by Gasteiger charge is -2.21. The number of aliphatic hydroxyl groups is 1. The highest BCUT2D eigenvalue weighted by Crippen LogP contribution is 2.45. The van der Waals surface area contributed by atoms with Crippen molar-refractivity contribution in [1.82, 2.24) is 0 Å². The van der Waals surface area contributed by atoms with Gasteiger partial charge in [-0.3, -0.25) is 37.3 Å². The summed E-state index contributed by atoms with van der Waals surface area (Å²) >= 11 is 0. The van der Waals surface area contributed by atoms with E-state index in [2.05, 4.69) is 55.4 Å². The summed E-state index contributed by atoms with van der Waals surface area (Å²) in [5, 5.41) is 10.6. The molecule has 0 aliphatic carbocycles. The Morgan fingerprint density at radius 1 is 0.275 bits per heavy atom. The van der Waals surface area contributed by atoms with Gasteiger partial charge in [0.2, 0.25) is 0 Å². The third kappa shape index (κ3) is 73.6. The van der Waals surface area contributed by atoms with Crippen molar-refractivity contribution in [2.24, 2.45) is 23.7 Å². The fourth-order valence-corrected chi connectivity index (χ4v) is 14.3. The predicted molar refractivity (Wildman–Crippen MR) is 418 cm³/mol. The number of rotatable bonds is 80. The summed E-state index contributed by atoms with van der Waals surface area (Å²) in [6, 6.07) is 0. The molecule has 0 saturated carbocycles. The minimum Gasteiger partial charge on any atom is -0.462 e. The molecule has 0 rings (SSSR count). The number of unbranched alkanes of at least 4 members (excludes halogenated alkanes) is 44. The smallest absolute Gasteiger partial charge is 0.462 e. The van der Waals surface area contributed by atoms with Gasteiger partial charge < -0.3 is 33.8 Å². The molecule has 17 nitrogen and oxygen atoms in total. The van der Waals surface area contributed by atoms with Gasteiger partial charge in [-0.1, -0.05) is 376 Å². The van der Waals surface area contributed by atoms with Crippen LogP contribution in [0.2, 0.25) is 0 Å². The molecule has 0 amide bonds. The van der Waals surface area contributed by atoms with E-state index in [-0.39, 0.29) is 25.7 Å². The highest BCUT2D eigenvalue weighted by molar-refractivity contribution is 7.47. The molecule has 3 N–H and O–H groups in total. The summed E-state index contributed by atoms with van der Waals surface area (Å²) in [4.78, 5) is 73.1. The number of carbonyl (C=O) groups is 4. The maximum Gasteiger partial charge on any atom is 0.472 e. The van der Waals surface area contributed by atoms with Gasteiger partial charge in [0.15, 0.2) is 12.2 Å². The molecule has 0 aliphatic heterocycles. The zero-order valence-electron chi connectivity index (χ0n) is 67.2. The van der Waals surface area contributed by atoms with Crippen LogP contribution < -0.4 is 0 Å². The number of esters is 4. The fraction of sp³-hybridized carbons (Fsp3) is 0.952. The molecule has 0 heterocycles. The van der Waals surface area contributed by atoms with Crippen LogP contribution in [0.5, 0.6) is 0 Å². The minimum absolute atomic E-state index is 0.105. The number of hydrogen-bond acceptors (Lipinski definition) is 15. The standard InChI is InChI=1S/C83H162O17P2/c1-9-75(7)61-53-45-37-31-24-20-17-18-22-26-33-39-49-57-65-82(87)99-78(69-93-80(85)63-55-47-38-32-25-21-16-14-12-11-13-15-19-23-29-35-43-51-59-73(3)4)71-97-101(89,90)95-67-77(84)68-96-102(91,92)98-72-79(70-94-81(86)64-56-48-42-41-46-54-62-76(8)10-2)100-83(88)66-58-50-40-34-28-27-30-36-44-52-60-74(5)6/h73-79,84H,9-72H2,1-8H3,(H,89,90)(H,91,92)/t75?,76?,77-,78-,79-/m1/s1. The summed E-state index contributed by atoms with van der Waals surface area (Å²) in [6.45, 7) is 14.3. The van der Waals surface area contributed by atoms with E-state index in [4.69, 9.17) is 37.0 Å². The highest BCUT2D eigenvalue weighted by Gasteiger charge is 2.30. The van der Waals surface area contributed by atoms with Crippen molar-refractivity contribution in [2.45, 2.75) is 446 Å². The summed E-state index contributed by atoms with van der Waals surface area (Å²) in [5.74, 6) is 1.04. The Kier molecular flexibility index (Phi) is 70.6. The van der Waals surface area contributed by atoms with E-state index >= 15 is 0 Å². The van der Waals surface area contributed by atoms with Crippen LogP contribution in [0.15, 0.2) is 0 Å². The normalized spacial score (nSPS) is 14.5. The van der Waals surface area contributed by atoms with Gasteiger partial charge >= 0.3 is 39.5 Å². The Morgan fingerprint density at radius 2 is 0.471 bits per heavy atom. The Balaban J connectivity index is 5.22. The topological polar surface area (TPSA) is 237 Å². The van der Waals surface area contributed by atoms with Gasteiger partial charge in [-0.15, -0.1) is 0 Å². The van der Waals surface area contributed by atoms with Crippen molar-refractivity contribution in [2.75, 3.05) is 39.6 Å². The first-order chi connectivity index (χ1) is 49.2. The molecule has 19 heteroatoms. The molecule has 4 unspecified atom stereocenters. The molecule has 606 valence electrons. The van der Waals surface area contributed by atoms with E-state index in [1.165, 1.54) is 225 Å². The van der Waals surface area contributed by atoms with Crippen LogP contribution in [0.4, 0.5) is 0 Å². The first-order valence-corrected chi connectivity index (χ1v) is 45.8. The number of aliphatic hydroxyl groups excluding tert-OH is 1. The molecular weight excluding hydrogens is 1330 g/mol. The Bertz CT molecular complexity index is 1990. The third-order valence-electron chi connectivity index (χ3n) is 20.0. The number of carbonyl (C=O) groups excluding carboxylic acids is 4. The van der Waals surface area contributed by atoms with Gasteiger partial charge in [0, 0.05) is 25.7 Å². The molecule has 0 aliphatic rings. The Labute approximate surface area is 626 Å². The number of ether oxygens (including phenoxy) is 4. The second-order valence-electron chi connectivity index (χ2n) is 31.3. The van der Waals surface area contributed by atoms with Gasteiger partial charge in [0.05, 0.1) is 26.4 Å². The van der Waals surface area contributed by atoms with Crippen molar-refractivity contribution in [3.63, 3.8) is 0 Å². The summed E-state index contributed by atoms with van der Waals surface area (Å²) in [5.41, 5.74) is 0. The number of phosphoric ester groups is 2. The predicted octanol–water partition coefficient (Wildman–Crippen LogP) is 24.8. The fourth-order valence-electron chi connectivity index (χ4n) is 12.7. The second kappa shape index (κ2) is 72.0. The molecule has 0 fully saturated rings. The quantitative estimate of drug-likeness (QED) is 0.0222. The molecule has 0 aromatic heterocycles. The lowest BCUT2D eigenvalue weighted by atomic mass is 9.99. The summed E-state index contributed by atoms with van der Waals surface area (Å²) in [6.07, 6.45) is 59.7. The summed E-state index contributed by atoms with van der Waals surface area (Å²) in [7, 11) is -9.92. The average Bonchev–Trinajstić information content (AvgIpc) is 0.984. The molecule has 7 atom stereocenters. The molecule has 0 aromatic carbocycles. The largest absolute Gasteiger partial charge is 0.472 e. The number of phosphoric acid groups is 2. The van der Waals surface area contributed by atoms with Crippen LogP contribution in [0, 0.1) is 23.7 Å². The van der Waals surface area contributed by atoms with Crippen molar-refractivity contribution >= 4 is 39.5 Å². The van der Waals surface area contributed by atoms with Gasteiger partial charge in [-0.25, -0.2) is 9.13 Å². The first-order valence-electron chi connectivity index (χ1n) is 42.8. The van der Waals surface area contributed by atoms with Crippen molar-refractivity contribution in [3.05, 3.63) is 0 Å². The highest BCUT2D eigenvalue weighted by atomic mass is 31.2. The maximum atomic E-state index is 13.1. The van der Waals surface area contributed by atoms with Crippen LogP contribution >= 0.6 is 15.6 Å². The van der Waals surface area contributed by atoms with E-state index in [0.29, 0.717) is 25.7 Å². The van der Waals surface area contributed by atoms with Crippen LogP contribution in [0.1, 0.15) is 428 Å². The van der Waals surface area contributed by atoms with Gasteiger partial charge in [0.1, 0.15) is 19.3 Å². The van der Waals surface area contributed by atoms with E-state index in [9.17, 15) is 43.2 Å². The van der Waals surface area contributed by atoms with E-state index in [1.807, 2.05) is 0 Å². The van der Waals surface area contributed by atoms with Crippen molar-refractivity contribution in [1.29, 1.82) is 0 Å².